The summed E-state index contributed by atoms with van der Waals surface area (Å²) in [5.41, 5.74) is 0.943. The van der Waals surface area contributed by atoms with E-state index in [-0.39, 0.29) is 5.91 Å². The van der Waals surface area contributed by atoms with E-state index in [2.05, 4.69) is 15.9 Å². The van der Waals surface area contributed by atoms with E-state index >= 15 is 0 Å². The standard InChI is InChI=1S/C12H14BrNO3/c1-7(12(16)17)9-5-4-8(13)6-10(9)11(15)14(2)3/h4-7H,1-3H3,(H,16,17). The molecule has 1 N–H and O–H groups in total. The molecule has 0 bridgehead atoms. The lowest BCUT2D eigenvalue weighted by atomic mass is 9.95. The summed E-state index contributed by atoms with van der Waals surface area (Å²) in [6.45, 7) is 1.57. The molecule has 0 aliphatic rings. The molecule has 0 aliphatic heterocycles. The first-order valence-corrected chi connectivity index (χ1v) is 5.87. The van der Waals surface area contributed by atoms with E-state index in [0.29, 0.717) is 11.1 Å². The van der Waals surface area contributed by atoms with Crippen molar-refractivity contribution < 1.29 is 14.7 Å². The third-order valence-corrected chi connectivity index (χ3v) is 2.98. The Labute approximate surface area is 108 Å². The summed E-state index contributed by atoms with van der Waals surface area (Å²) < 4.78 is 0.754. The molecule has 1 aromatic carbocycles. The van der Waals surface area contributed by atoms with Crippen LogP contribution in [0.5, 0.6) is 0 Å². The number of carboxylic acids is 1. The van der Waals surface area contributed by atoms with E-state index in [1.807, 2.05) is 0 Å². The molecule has 1 amide bonds. The van der Waals surface area contributed by atoms with Gasteiger partial charge in [-0.05, 0) is 24.6 Å². The van der Waals surface area contributed by atoms with Crippen molar-refractivity contribution in [2.24, 2.45) is 0 Å². The van der Waals surface area contributed by atoms with Gasteiger partial charge in [-0.25, -0.2) is 0 Å². The van der Waals surface area contributed by atoms with E-state index in [1.165, 1.54) is 4.90 Å². The number of carboxylic acid groups (broad SMARTS) is 1. The SMILES string of the molecule is CC(C(=O)O)c1ccc(Br)cc1C(=O)N(C)C. The minimum atomic E-state index is -0.944. The van der Waals surface area contributed by atoms with Gasteiger partial charge in [0.25, 0.3) is 5.91 Å². The van der Waals surface area contributed by atoms with Gasteiger partial charge in [0.2, 0.25) is 0 Å². The fourth-order valence-corrected chi connectivity index (χ4v) is 1.83. The van der Waals surface area contributed by atoms with Crippen molar-refractivity contribution in [3.05, 3.63) is 33.8 Å². The molecule has 4 nitrogen and oxygen atoms in total. The van der Waals surface area contributed by atoms with Crippen LogP contribution in [0.1, 0.15) is 28.8 Å². The van der Waals surface area contributed by atoms with E-state index in [4.69, 9.17) is 5.11 Å². The summed E-state index contributed by atoms with van der Waals surface area (Å²) in [5.74, 6) is -1.85. The van der Waals surface area contributed by atoms with Crippen LogP contribution in [-0.4, -0.2) is 36.0 Å². The van der Waals surface area contributed by atoms with Crippen molar-refractivity contribution in [2.75, 3.05) is 14.1 Å². The summed E-state index contributed by atoms with van der Waals surface area (Å²) >= 11 is 3.28. The fraction of sp³-hybridized carbons (Fsp3) is 0.333. The number of amides is 1. The van der Waals surface area contributed by atoms with Gasteiger partial charge < -0.3 is 10.0 Å². The quantitative estimate of drug-likeness (QED) is 0.932. The molecule has 1 aromatic rings. The van der Waals surface area contributed by atoms with Gasteiger partial charge in [-0.15, -0.1) is 0 Å². The first-order chi connectivity index (χ1) is 7.84. The summed E-state index contributed by atoms with van der Waals surface area (Å²) in [4.78, 5) is 24.4. The molecule has 0 saturated carbocycles. The third-order valence-electron chi connectivity index (χ3n) is 2.49. The maximum absolute atomic E-state index is 12.0. The number of carbonyl (C=O) groups is 2. The maximum Gasteiger partial charge on any atom is 0.310 e. The second-order valence-corrected chi connectivity index (χ2v) is 4.91. The van der Waals surface area contributed by atoms with Crippen molar-refractivity contribution in [3.8, 4) is 0 Å². The number of aliphatic carboxylic acids is 1. The number of nitrogens with zero attached hydrogens (tertiary/aromatic N) is 1. The van der Waals surface area contributed by atoms with Crippen molar-refractivity contribution in [3.63, 3.8) is 0 Å². The molecule has 0 fully saturated rings. The summed E-state index contributed by atoms with van der Waals surface area (Å²) in [6.07, 6.45) is 0. The van der Waals surface area contributed by atoms with Gasteiger partial charge in [-0.2, -0.15) is 0 Å². The van der Waals surface area contributed by atoms with E-state index in [0.717, 1.165) is 4.47 Å². The summed E-state index contributed by atoms with van der Waals surface area (Å²) in [5, 5.41) is 9.01. The first-order valence-electron chi connectivity index (χ1n) is 5.08. The Morgan fingerprint density at radius 1 is 1.35 bits per heavy atom. The lowest BCUT2D eigenvalue weighted by Crippen LogP contribution is -2.24. The van der Waals surface area contributed by atoms with Crippen LogP contribution in [0.2, 0.25) is 0 Å². The van der Waals surface area contributed by atoms with Gasteiger partial charge >= 0.3 is 5.97 Å². The summed E-state index contributed by atoms with van der Waals surface area (Å²) in [6, 6.07) is 5.05. The zero-order valence-corrected chi connectivity index (χ0v) is 11.5. The number of carbonyl (C=O) groups excluding carboxylic acids is 1. The predicted octanol–water partition coefficient (Wildman–Crippen LogP) is 2.34. The van der Waals surface area contributed by atoms with Gasteiger partial charge in [-0.3, -0.25) is 9.59 Å². The van der Waals surface area contributed by atoms with Crippen LogP contribution < -0.4 is 0 Å². The average Bonchev–Trinajstić information content (AvgIpc) is 2.26. The average molecular weight is 300 g/mol. The second kappa shape index (κ2) is 5.31. The third kappa shape index (κ3) is 3.06. The lowest BCUT2D eigenvalue weighted by Gasteiger charge is -2.16. The number of rotatable bonds is 3. The molecule has 0 radical (unpaired) electrons. The summed E-state index contributed by atoms with van der Waals surface area (Å²) in [7, 11) is 3.27. The molecule has 0 saturated heterocycles. The lowest BCUT2D eigenvalue weighted by molar-refractivity contribution is -0.138. The monoisotopic (exact) mass is 299 g/mol. The van der Waals surface area contributed by atoms with E-state index in [9.17, 15) is 9.59 Å². The molecule has 1 rings (SSSR count). The maximum atomic E-state index is 12.0. The van der Waals surface area contributed by atoms with Gasteiger partial charge in [0.1, 0.15) is 0 Å². The molecule has 17 heavy (non-hydrogen) atoms. The number of hydrogen-bond acceptors (Lipinski definition) is 2. The normalized spacial score (nSPS) is 12.0. The molecule has 92 valence electrons. The van der Waals surface area contributed by atoms with Gasteiger partial charge in [0.15, 0.2) is 0 Å². The highest BCUT2D eigenvalue weighted by Gasteiger charge is 2.22. The van der Waals surface area contributed by atoms with Crippen LogP contribution in [0, 0.1) is 0 Å². The van der Waals surface area contributed by atoms with Gasteiger partial charge in [-0.1, -0.05) is 22.0 Å². The molecular formula is C12H14BrNO3. The topological polar surface area (TPSA) is 57.6 Å². The molecule has 1 unspecified atom stereocenters. The van der Waals surface area contributed by atoms with Crippen LogP contribution >= 0.6 is 15.9 Å². The molecule has 0 aromatic heterocycles. The van der Waals surface area contributed by atoms with Crippen molar-refractivity contribution in [2.45, 2.75) is 12.8 Å². The van der Waals surface area contributed by atoms with E-state index in [1.54, 1.807) is 39.2 Å². The highest BCUT2D eigenvalue weighted by molar-refractivity contribution is 9.10. The highest BCUT2D eigenvalue weighted by Crippen LogP contribution is 2.24. The molecule has 0 spiro atoms. The van der Waals surface area contributed by atoms with Gasteiger partial charge in [0, 0.05) is 24.1 Å². The number of halogens is 1. The Bertz CT molecular complexity index is 457. The Morgan fingerprint density at radius 2 is 1.94 bits per heavy atom. The molecule has 0 heterocycles. The Balaban J connectivity index is 3.31. The van der Waals surface area contributed by atoms with E-state index < -0.39 is 11.9 Å². The molecule has 0 aliphatic carbocycles. The number of benzene rings is 1. The van der Waals surface area contributed by atoms with Crippen molar-refractivity contribution >= 4 is 27.8 Å². The van der Waals surface area contributed by atoms with Crippen LogP contribution in [0.25, 0.3) is 0 Å². The molecule has 1 atom stereocenters. The molecule has 5 heteroatoms. The van der Waals surface area contributed by atoms with Crippen LogP contribution in [0.4, 0.5) is 0 Å². The zero-order valence-electron chi connectivity index (χ0n) is 9.90. The second-order valence-electron chi connectivity index (χ2n) is 3.99. The van der Waals surface area contributed by atoms with Crippen molar-refractivity contribution in [1.29, 1.82) is 0 Å². The van der Waals surface area contributed by atoms with Gasteiger partial charge in [0.05, 0.1) is 5.92 Å². The van der Waals surface area contributed by atoms with Crippen molar-refractivity contribution in [1.82, 2.24) is 4.90 Å². The Morgan fingerprint density at radius 3 is 2.41 bits per heavy atom. The van der Waals surface area contributed by atoms with Crippen LogP contribution in [0.15, 0.2) is 22.7 Å². The van der Waals surface area contributed by atoms with Crippen LogP contribution in [0.3, 0.4) is 0 Å². The Kier molecular flexibility index (Phi) is 4.28. The predicted molar refractivity (Wildman–Crippen MR) is 68.2 cm³/mol. The molecular weight excluding hydrogens is 286 g/mol. The Hall–Kier alpha value is -1.36. The smallest absolute Gasteiger partial charge is 0.310 e. The van der Waals surface area contributed by atoms with Crippen LogP contribution in [-0.2, 0) is 4.79 Å². The fourth-order valence-electron chi connectivity index (χ4n) is 1.47. The highest BCUT2D eigenvalue weighted by atomic mass is 79.9. The largest absolute Gasteiger partial charge is 0.481 e. The minimum Gasteiger partial charge on any atom is -0.481 e. The zero-order chi connectivity index (χ0) is 13.2. The number of hydrogen-bond donors (Lipinski definition) is 1. The first kappa shape index (κ1) is 13.7. The minimum absolute atomic E-state index is 0.200.